The van der Waals surface area contributed by atoms with Crippen LogP contribution in [0.3, 0.4) is 0 Å². The van der Waals surface area contributed by atoms with Crippen LogP contribution in [0.4, 0.5) is 5.69 Å². The van der Waals surface area contributed by atoms with E-state index >= 15 is 0 Å². The van der Waals surface area contributed by atoms with Crippen molar-refractivity contribution in [2.75, 3.05) is 38.0 Å². The normalized spacial score (nSPS) is 24.3. The molecule has 0 aromatic heterocycles. The quantitative estimate of drug-likeness (QED) is 0.853. The van der Waals surface area contributed by atoms with Gasteiger partial charge in [0.25, 0.3) is 0 Å². The topological polar surface area (TPSA) is 55.8 Å². The summed E-state index contributed by atoms with van der Waals surface area (Å²) in [6.45, 7) is 4.41. The van der Waals surface area contributed by atoms with Crippen LogP contribution in [0.15, 0.2) is 42.5 Å². The molecule has 0 unspecified atom stereocenters. The number of likely N-dealkylation sites (tertiary alicyclic amines) is 2. The smallest absolute Gasteiger partial charge is 0.225 e. The molecule has 0 bridgehead atoms. The minimum absolute atomic E-state index is 0.0299. The maximum atomic E-state index is 12.5. The van der Waals surface area contributed by atoms with Gasteiger partial charge >= 0.3 is 0 Å². The number of anilines is 1. The standard InChI is InChI=1S/C22H29N3O2/c26-21-16-24(15-20(21)25-12-4-1-5-13-25)14-11-22(27)23-19-10-6-8-17-7-2-3-9-18(17)19/h2-3,6-10,20-21,26H,1,4-5,11-16H2,(H,23,27)/t20-,21-/m0/s1. The molecule has 27 heavy (non-hydrogen) atoms. The number of hydrogen-bond donors (Lipinski definition) is 2. The number of carbonyl (C=O) groups is 1. The second-order valence-electron chi connectivity index (χ2n) is 7.82. The van der Waals surface area contributed by atoms with Crippen LogP contribution >= 0.6 is 0 Å². The van der Waals surface area contributed by atoms with Gasteiger partial charge in [0, 0.05) is 43.2 Å². The van der Waals surface area contributed by atoms with Crippen molar-refractivity contribution in [2.45, 2.75) is 37.8 Å². The maximum absolute atomic E-state index is 12.5. The van der Waals surface area contributed by atoms with E-state index in [1.807, 2.05) is 30.3 Å². The van der Waals surface area contributed by atoms with Gasteiger partial charge in [-0.2, -0.15) is 0 Å². The van der Waals surface area contributed by atoms with E-state index in [0.717, 1.165) is 36.1 Å². The first-order valence-electron chi connectivity index (χ1n) is 10.1. The molecule has 144 valence electrons. The Hall–Kier alpha value is -1.95. The Morgan fingerprint density at radius 3 is 2.67 bits per heavy atom. The molecule has 2 fully saturated rings. The lowest BCUT2D eigenvalue weighted by Crippen LogP contribution is -2.45. The zero-order chi connectivity index (χ0) is 18.6. The van der Waals surface area contributed by atoms with Gasteiger partial charge in [0.2, 0.25) is 5.91 Å². The zero-order valence-electron chi connectivity index (χ0n) is 15.8. The van der Waals surface area contributed by atoms with Gasteiger partial charge in [-0.15, -0.1) is 0 Å². The van der Waals surface area contributed by atoms with Crippen LogP contribution in [-0.2, 0) is 4.79 Å². The average Bonchev–Trinajstić information content (AvgIpc) is 3.08. The number of benzene rings is 2. The summed E-state index contributed by atoms with van der Waals surface area (Å²) in [5, 5.41) is 15.7. The molecule has 1 amide bonds. The Morgan fingerprint density at radius 1 is 1.04 bits per heavy atom. The number of nitrogens with zero attached hydrogens (tertiary/aromatic N) is 2. The third kappa shape index (κ3) is 4.32. The van der Waals surface area contributed by atoms with Crippen molar-refractivity contribution >= 4 is 22.4 Å². The number of rotatable bonds is 5. The second-order valence-corrected chi connectivity index (χ2v) is 7.82. The van der Waals surface area contributed by atoms with Gasteiger partial charge in [-0.3, -0.25) is 14.6 Å². The van der Waals surface area contributed by atoms with Gasteiger partial charge in [0.1, 0.15) is 0 Å². The number of fused-ring (bicyclic) bond motifs is 1. The highest BCUT2D eigenvalue weighted by Crippen LogP contribution is 2.24. The van der Waals surface area contributed by atoms with Crippen molar-refractivity contribution in [3.8, 4) is 0 Å². The summed E-state index contributed by atoms with van der Waals surface area (Å²) in [6, 6.07) is 14.3. The lowest BCUT2D eigenvalue weighted by molar-refractivity contribution is -0.116. The van der Waals surface area contributed by atoms with E-state index in [1.165, 1.54) is 19.3 Å². The summed E-state index contributed by atoms with van der Waals surface area (Å²) in [4.78, 5) is 17.1. The third-order valence-corrected chi connectivity index (χ3v) is 5.91. The van der Waals surface area contributed by atoms with E-state index in [2.05, 4.69) is 27.2 Å². The van der Waals surface area contributed by atoms with Crippen molar-refractivity contribution in [1.82, 2.24) is 9.80 Å². The number of amides is 1. The SMILES string of the molecule is O=C(CCN1C[C@H](O)[C@@H](N2CCCCC2)C1)Nc1cccc2ccccc12. The van der Waals surface area contributed by atoms with Crippen molar-refractivity contribution in [3.05, 3.63) is 42.5 Å². The van der Waals surface area contributed by atoms with Gasteiger partial charge in [0.05, 0.1) is 6.10 Å². The second kappa shape index (κ2) is 8.38. The number of aliphatic hydroxyl groups excluding tert-OH is 1. The third-order valence-electron chi connectivity index (χ3n) is 5.91. The van der Waals surface area contributed by atoms with Crippen LogP contribution in [0.5, 0.6) is 0 Å². The van der Waals surface area contributed by atoms with Crippen LogP contribution in [-0.4, -0.2) is 65.7 Å². The first kappa shape index (κ1) is 18.4. The van der Waals surface area contributed by atoms with Crippen LogP contribution < -0.4 is 5.32 Å². The Bertz CT molecular complexity index is 783. The first-order valence-corrected chi connectivity index (χ1v) is 10.1. The molecule has 0 radical (unpaired) electrons. The molecule has 2 aliphatic rings. The molecule has 5 nitrogen and oxygen atoms in total. The summed E-state index contributed by atoms with van der Waals surface area (Å²) >= 11 is 0. The molecule has 2 N–H and O–H groups in total. The van der Waals surface area contributed by atoms with Crippen molar-refractivity contribution in [1.29, 1.82) is 0 Å². The minimum Gasteiger partial charge on any atom is -0.390 e. The molecule has 2 aliphatic heterocycles. The van der Waals surface area contributed by atoms with Gasteiger partial charge in [-0.05, 0) is 37.4 Å². The fourth-order valence-electron chi connectivity index (χ4n) is 4.45. The van der Waals surface area contributed by atoms with Gasteiger partial charge in [0.15, 0.2) is 0 Å². The fraction of sp³-hybridized carbons (Fsp3) is 0.500. The van der Waals surface area contributed by atoms with E-state index in [0.29, 0.717) is 19.5 Å². The highest BCUT2D eigenvalue weighted by atomic mass is 16.3. The molecular weight excluding hydrogens is 338 g/mol. The Labute approximate surface area is 161 Å². The molecular formula is C22H29N3O2. The maximum Gasteiger partial charge on any atom is 0.225 e. The summed E-state index contributed by atoms with van der Waals surface area (Å²) in [5.41, 5.74) is 0.866. The summed E-state index contributed by atoms with van der Waals surface area (Å²) in [6.07, 6.45) is 3.91. The summed E-state index contributed by atoms with van der Waals surface area (Å²) in [5.74, 6) is 0.0299. The number of hydrogen-bond acceptors (Lipinski definition) is 4. The molecule has 0 saturated carbocycles. The predicted molar refractivity (Wildman–Crippen MR) is 109 cm³/mol. The van der Waals surface area contributed by atoms with Gasteiger partial charge in [-0.25, -0.2) is 0 Å². The van der Waals surface area contributed by atoms with Gasteiger partial charge < -0.3 is 10.4 Å². The van der Waals surface area contributed by atoms with Crippen LogP contribution in [0, 0.1) is 0 Å². The molecule has 0 spiro atoms. The highest BCUT2D eigenvalue weighted by Gasteiger charge is 2.35. The molecule has 2 heterocycles. The van der Waals surface area contributed by atoms with Crippen molar-refractivity contribution < 1.29 is 9.90 Å². The van der Waals surface area contributed by atoms with Gasteiger partial charge in [-0.1, -0.05) is 42.8 Å². The fourth-order valence-corrected chi connectivity index (χ4v) is 4.45. The van der Waals surface area contributed by atoms with E-state index in [9.17, 15) is 9.90 Å². The molecule has 2 aromatic rings. The zero-order valence-corrected chi connectivity index (χ0v) is 15.8. The number of nitrogens with one attached hydrogen (secondary N) is 1. The number of aliphatic hydroxyl groups is 1. The Balaban J connectivity index is 1.30. The largest absolute Gasteiger partial charge is 0.390 e. The molecule has 5 heteroatoms. The number of carbonyl (C=O) groups excluding carboxylic acids is 1. The highest BCUT2D eigenvalue weighted by molar-refractivity contribution is 6.02. The van der Waals surface area contributed by atoms with Crippen LogP contribution in [0.1, 0.15) is 25.7 Å². The molecule has 2 atom stereocenters. The van der Waals surface area contributed by atoms with Crippen molar-refractivity contribution in [3.63, 3.8) is 0 Å². The predicted octanol–water partition coefficient (Wildman–Crippen LogP) is 2.70. The molecule has 2 saturated heterocycles. The van der Waals surface area contributed by atoms with E-state index < -0.39 is 0 Å². The van der Waals surface area contributed by atoms with Crippen LogP contribution in [0.2, 0.25) is 0 Å². The average molecular weight is 367 g/mol. The van der Waals surface area contributed by atoms with Crippen LogP contribution in [0.25, 0.3) is 10.8 Å². The lowest BCUT2D eigenvalue weighted by Gasteiger charge is -2.33. The van der Waals surface area contributed by atoms with E-state index in [4.69, 9.17) is 0 Å². The van der Waals surface area contributed by atoms with E-state index in [-0.39, 0.29) is 18.1 Å². The number of piperidine rings is 1. The monoisotopic (exact) mass is 367 g/mol. The Kier molecular flexibility index (Phi) is 5.72. The number of β-amino-alcohol motifs (C(OH)–C–C–N with tert-alkyl or cyclic N) is 1. The minimum atomic E-state index is -0.302. The molecule has 0 aliphatic carbocycles. The lowest BCUT2D eigenvalue weighted by atomic mass is 10.1. The summed E-state index contributed by atoms with van der Waals surface area (Å²) < 4.78 is 0. The first-order chi connectivity index (χ1) is 13.2. The molecule has 2 aromatic carbocycles. The van der Waals surface area contributed by atoms with E-state index in [1.54, 1.807) is 0 Å². The van der Waals surface area contributed by atoms with Crippen molar-refractivity contribution in [2.24, 2.45) is 0 Å². The summed E-state index contributed by atoms with van der Waals surface area (Å²) in [7, 11) is 0. The Morgan fingerprint density at radius 2 is 1.81 bits per heavy atom. The molecule has 4 rings (SSSR count).